The van der Waals surface area contributed by atoms with Gasteiger partial charge in [0.05, 0.1) is 0 Å². The summed E-state index contributed by atoms with van der Waals surface area (Å²) in [6.07, 6.45) is 5.42. The van der Waals surface area contributed by atoms with Crippen molar-refractivity contribution in [2.24, 2.45) is 0 Å². The van der Waals surface area contributed by atoms with Crippen LogP contribution in [0.4, 0.5) is 10.6 Å². The molecule has 19 heavy (non-hydrogen) atoms. The normalized spacial score (nSPS) is 20.9. The Labute approximate surface area is 113 Å². The van der Waals surface area contributed by atoms with Gasteiger partial charge in [0.25, 0.3) is 0 Å². The Kier molecular flexibility index (Phi) is 3.64. The molecule has 3 rings (SSSR count). The molecule has 1 aliphatic carbocycles. The van der Waals surface area contributed by atoms with E-state index in [4.69, 9.17) is 0 Å². The summed E-state index contributed by atoms with van der Waals surface area (Å²) in [4.78, 5) is 20.7. The number of pyridine rings is 1. The van der Waals surface area contributed by atoms with Gasteiger partial charge in [-0.2, -0.15) is 0 Å². The number of carbonyl (C=O) groups is 1. The first kappa shape index (κ1) is 12.4. The largest absolute Gasteiger partial charge is 0.323 e. The van der Waals surface area contributed by atoms with Crippen molar-refractivity contribution in [3.63, 3.8) is 0 Å². The molecule has 2 fully saturated rings. The Balaban J connectivity index is 1.54. The molecular weight excluding hydrogens is 240 g/mol. The molecule has 0 unspecified atom stereocenters. The fourth-order valence-electron chi connectivity index (χ4n) is 2.57. The number of urea groups is 1. The van der Waals surface area contributed by atoms with Crippen molar-refractivity contribution in [3.05, 3.63) is 24.4 Å². The van der Waals surface area contributed by atoms with Gasteiger partial charge in [-0.15, -0.1) is 0 Å². The van der Waals surface area contributed by atoms with E-state index in [0.29, 0.717) is 5.82 Å². The van der Waals surface area contributed by atoms with Gasteiger partial charge in [0.2, 0.25) is 0 Å². The summed E-state index contributed by atoms with van der Waals surface area (Å²) in [5, 5.41) is 2.86. The second-order valence-corrected chi connectivity index (χ2v) is 5.25. The smallest absolute Gasteiger partial charge is 0.323 e. The first-order chi connectivity index (χ1) is 9.33. The van der Waals surface area contributed by atoms with Crippen LogP contribution in [0.3, 0.4) is 0 Å². The fraction of sp³-hybridized carbons (Fsp3) is 0.571. The molecule has 0 aromatic carbocycles. The van der Waals surface area contributed by atoms with Crippen LogP contribution >= 0.6 is 0 Å². The summed E-state index contributed by atoms with van der Waals surface area (Å²) in [5.41, 5.74) is 0. The number of rotatable bonds is 2. The minimum absolute atomic E-state index is 0.0312. The first-order valence-electron chi connectivity index (χ1n) is 7.04. The zero-order valence-electron chi connectivity index (χ0n) is 11.1. The molecule has 5 nitrogen and oxygen atoms in total. The Bertz CT molecular complexity index is 432. The van der Waals surface area contributed by atoms with Gasteiger partial charge in [0, 0.05) is 38.4 Å². The Morgan fingerprint density at radius 1 is 1.21 bits per heavy atom. The Morgan fingerprint density at radius 2 is 2.11 bits per heavy atom. The summed E-state index contributed by atoms with van der Waals surface area (Å²) in [6.45, 7) is 3.77. The van der Waals surface area contributed by atoms with Gasteiger partial charge in [-0.3, -0.25) is 10.2 Å². The summed E-state index contributed by atoms with van der Waals surface area (Å²) >= 11 is 0. The van der Waals surface area contributed by atoms with Crippen LogP contribution in [0.25, 0.3) is 0 Å². The highest BCUT2D eigenvalue weighted by Crippen LogP contribution is 2.27. The molecule has 102 valence electrons. The predicted molar refractivity (Wildman–Crippen MR) is 74.0 cm³/mol. The maximum absolute atomic E-state index is 12.2. The Morgan fingerprint density at radius 3 is 2.84 bits per heavy atom. The number of nitrogens with zero attached hydrogens (tertiary/aromatic N) is 3. The van der Waals surface area contributed by atoms with E-state index in [1.54, 1.807) is 6.20 Å². The topological polar surface area (TPSA) is 48.5 Å². The minimum atomic E-state index is -0.0312. The summed E-state index contributed by atoms with van der Waals surface area (Å²) in [7, 11) is 0. The predicted octanol–water partition coefficient (Wildman–Crippen LogP) is 1.78. The first-order valence-corrected chi connectivity index (χ1v) is 7.04. The molecular formula is C14H20N4O. The van der Waals surface area contributed by atoms with Crippen LogP contribution in [0.2, 0.25) is 0 Å². The molecule has 2 amide bonds. The zero-order chi connectivity index (χ0) is 13.1. The second kappa shape index (κ2) is 5.57. The number of amides is 2. The van der Waals surface area contributed by atoms with Crippen LogP contribution in [0.5, 0.6) is 0 Å². The average Bonchev–Trinajstić information content (AvgIpc) is 3.26. The van der Waals surface area contributed by atoms with E-state index in [0.717, 1.165) is 38.6 Å². The quantitative estimate of drug-likeness (QED) is 0.882. The standard InChI is InChI=1S/C14H20N4O/c19-14(16-13-4-1-2-7-15-13)18-9-3-8-17(10-11-18)12-5-6-12/h1-2,4,7,12H,3,5-6,8-11H2,(H,15,16,19). The lowest BCUT2D eigenvalue weighted by Gasteiger charge is -2.21. The van der Waals surface area contributed by atoms with Gasteiger partial charge in [-0.1, -0.05) is 6.07 Å². The lowest BCUT2D eigenvalue weighted by molar-refractivity contribution is 0.210. The maximum atomic E-state index is 12.2. The number of hydrogen-bond acceptors (Lipinski definition) is 3. The molecule has 5 heteroatoms. The molecule has 0 bridgehead atoms. The monoisotopic (exact) mass is 260 g/mol. The van der Waals surface area contributed by atoms with E-state index in [2.05, 4.69) is 15.2 Å². The van der Waals surface area contributed by atoms with Gasteiger partial charge in [0.1, 0.15) is 5.82 Å². The van der Waals surface area contributed by atoms with Crippen molar-refractivity contribution in [1.82, 2.24) is 14.8 Å². The summed E-state index contributed by atoms with van der Waals surface area (Å²) in [6, 6.07) is 6.29. The van der Waals surface area contributed by atoms with Crippen molar-refractivity contribution in [2.45, 2.75) is 25.3 Å². The number of carbonyl (C=O) groups excluding carboxylic acids is 1. The maximum Gasteiger partial charge on any atom is 0.323 e. The summed E-state index contributed by atoms with van der Waals surface area (Å²) < 4.78 is 0. The van der Waals surface area contributed by atoms with E-state index in [1.165, 1.54) is 12.8 Å². The third-order valence-corrected chi connectivity index (χ3v) is 3.78. The van der Waals surface area contributed by atoms with E-state index in [1.807, 2.05) is 23.1 Å². The highest BCUT2D eigenvalue weighted by molar-refractivity contribution is 5.88. The molecule has 0 radical (unpaired) electrons. The molecule has 2 aliphatic rings. The van der Waals surface area contributed by atoms with Gasteiger partial charge in [-0.25, -0.2) is 9.78 Å². The van der Waals surface area contributed by atoms with Gasteiger partial charge in [0.15, 0.2) is 0 Å². The van der Waals surface area contributed by atoms with Crippen LogP contribution in [0.15, 0.2) is 24.4 Å². The number of anilines is 1. The highest BCUT2D eigenvalue weighted by Gasteiger charge is 2.30. The second-order valence-electron chi connectivity index (χ2n) is 5.25. The fourth-order valence-corrected chi connectivity index (χ4v) is 2.57. The zero-order valence-corrected chi connectivity index (χ0v) is 11.1. The van der Waals surface area contributed by atoms with E-state index in [9.17, 15) is 4.79 Å². The SMILES string of the molecule is O=C(Nc1ccccn1)N1CCCN(C2CC2)CC1. The molecule has 0 spiro atoms. The molecule has 1 N–H and O–H groups in total. The van der Waals surface area contributed by atoms with E-state index < -0.39 is 0 Å². The van der Waals surface area contributed by atoms with Gasteiger partial charge < -0.3 is 4.90 Å². The van der Waals surface area contributed by atoms with Crippen LogP contribution in [-0.4, -0.2) is 53.0 Å². The van der Waals surface area contributed by atoms with Crippen molar-refractivity contribution in [1.29, 1.82) is 0 Å². The molecule has 0 atom stereocenters. The number of aromatic nitrogens is 1. The van der Waals surface area contributed by atoms with Gasteiger partial charge in [-0.05, 0) is 31.4 Å². The van der Waals surface area contributed by atoms with Crippen LogP contribution in [-0.2, 0) is 0 Å². The molecule has 1 aromatic rings. The lowest BCUT2D eigenvalue weighted by atomic mass is 10.4. The number of hydrogen-bond donors (Lipinski definition) is 1. The van der Waals surface area contributed by atoms with Crippen molar-refractivity contribution in [3.8, 4) is 0 Å². The molecule has 1 saturated carbocycles. The van der Waals surface area contributed by atoms with E-state index >= 15 is 0 Å². The van der Waals surface area contributed by atoms with Crippen LogP contribution < -0.4 is 5.32 Å². The lowest BCUT2D eigenvalue weighted by Crippen LogP contribution is -2.38. The number of nitrogens with one attached hydrogen (secondary N) is 1. The van der Waals surface area contributed by atoms with Gasteiger partial charge >= 0.3 is 6.03 Å². The van der Waals surface area contributed by atoms with Crippen molar-refractivity contribution < 1.29 is 4.79 Å². The Hall–Kier alpha value is -1.62. The molecule has 1 saturated heterocycles. The molecule has 1 aliphatic heterocycles. The van der Waals surface area contributed by atoms with Crippen molar-refractivity contribution in [2.75, 3.05) is 31.5 Å². The minimum Gasteiger partial charge on any atom is -0.323 e. The van der Waals surface area contributed by atoms with E-state index in [-0.39, 0.29) is 6.03 Å². The molecule has 2 heterocycles. The van der Waals surface area contributed by atoms with Crippen molar-refractivity contribution >= 4 is 11.8 Å². The summed E-state index contributed by atoms with van der Waals surface area (Å²) in [5.74, 6) is 0.621. The van der Waals surface area contributed by atoms with Crippen LogP contribution in [0, 0.1) is 0 Å². The highest BCUT2D eigenvalue weighted by atomic mass is 16.2. The van der Waals surface area contributed by atoms with Crippen LogP contribution in [0.1, 0.15) is 19.3 Å². The average molecular weight is 260 g/mol. The molecule has 1 aromatic heterocycles. The third-order valence-electron chi connectivity index (χ3n) is 3.78. The third kappa shape index (κ3) is 3.23.